The van der Waals surface area contributed by atoms with E-state index in [0.717, 1.165) is 32.2 Å². The molecule has 1 aliphatic carbocycles. The molecule has 0 amide bonds. The standard InChI is InChI=1S/C13H24N2O2/c1-10(9-15-11(2)14)5-4-6-13(7-8-13)12(16)17-3/h5,11,15H,4,6-9,14H2,1-3H3/b10-5-. The summed E-state index contributed by atoms with van der Waals surface area (Å²) in [7, 11) is 1.47. The molecule has 1 atom stereocenters. The van der Waals surface area contributed by atoms with Gasteiger partial charge in [-0.05, 0) is 39.5 Å². The van der Waals surface area contributed by atoms with Crippen LogP contribution in [0.5, 0.6) is 0 Å². The Balaban J connectivity index is 2.27. The summed E-state index contributed by atoms with van der Waals surface area (Å²) in [5, 5.41) is 3.16. The maximum Gasteiger partial charge on any atom is 0.311 e. The predicted molar refractivity (Wildman–Crippen MR) is 68.3 cm³/mol. The summed E-state index contributed by atoms with van der Waals surface area (Å²) in [5.41, 5.74) is 6.71. The van der Waals surface area contributed by atoms with Gasteiger partial charge in [-0.2, -0.15) is 0 Å². The second-order valence-corrected chi connectivity index (χ2v) is 5.03. The summed E-state index contributed by atoms with van der Waals surface area (Å²) in [6.45, 7) is 4.81. The maximum absolute atomic E-state index is 11.5. The highest BCUT2D eigenvalue weighted by Gasteiger charge is 2.49. The summed E-state index contributed by atoms with van der Waals surface area (Å²) in [6, 6.07) is 0. The fourth-order valence-corrected chi connectivity index (χ4v) is 1.91. The lowest BCUT2D eigenvalue weighted by Crippen LogP contribution is -2.35. The second-order valence-electron chi connectivity index (χ2n) is 5.03. The van der Waals surface area contributed by atoms with Crippen LogP contribution in [-0.4, -0.2) is 25.8 Å². The van der Waals surface area contributed by atoms with Gasteiger partial charge in [0.2, 0.25) is 0 Å². The minimum absolute atomic E-state index is 0.0168. The van der Waals surface area contributed by atoms with Crippen LogP contribution in [0.3, 0.4) is 0 Å². The Bertz CT molecular complexity index is 294. The third-order valence-corrected chi connectivity index (χ3v) is 3.29. The van der Waals surface area contributed by atoms with Crippen molar-refractivity contribution in [2.75, 3.05) is 13.7 Å². The van der Waals surface area contributed by atoms with E-state index in [0.29, 0.717) is 0 Å². The van der Waals surface area contributed by atoms with E-state index in [-0.39, 0.29) is 17.6 Å². The Morgan fingerprint density at radius 3 is 2.71 bits per heavy atom. The zero-order valence-electron chi connectivity index (χ0n) is 11.1. The van der Waals surface area contributed by atoms with Gasteiger partial charge < -0.3 is 10.5 Å². The van der Waals surface area contributed by atoms with Crippen molar-refractivity contribution in [3.8, 4) is 0 Å². The van der Waals surface area contributed by atoms with Crippen LogP contribution in [0.4, 0.5) is 0 Å². The van der Waals surface area contributed by atoms with Crippen molar-refractivity contribution in [1.82, 2.24) is 5.32 Å². The van der Waals surface area contributed by atoms with Gasteiger partial charge in [0.25, 0.3) is 0 Å². The Hall–Kier alpha value is -0.870. The van der Waals surface area contributed by atoms with E-state index in [9.17, 15) is 4.79 Å². The number of methoxy groups -OCH3 is 1. The molecule has 3 N–H and O–H groups in total. The predicted octanol–water partition coefficient (Wildman–Crippen LogP) is 1.56. The van der Waals surface area contributed by atoms with Crippen molar-refractivity contribution in [3.05, 3.63) is 11.6 Å². The molecule has 17 heavy (non-hydrogen) atoms. The maximum atomic E-state index is 11.5. The van der Waals surface area contributed by atoms with Crippen LogP contribution < -0.4 is 11.1 Å². The van der Waals surface area contributed by atoms with Crippen molar-refractivity contribution in [3.63, 3.8) is 0 Å². The molecular formula is C13H24N2O2. The molecule has 0 saturated heterocycles. The van der Waals surface area contributed by atoms with Crippen molar-refractivity contribution >= 4 is 5.97 Å². The minimum Gasteiger partial charge on any atom is -0.469 e. The fraction of sp³-hybridized carbons (Fsp3) is 0.769. The molecule has 0 bridgehead atoms. The molecular weight excluding hydrogens is 216 g/mol. The Morgan fingerprint density at radius 1 is 1.59 bits per heavy atom. The smallest absolute Gasteiger partial charge is 0.311 e. The van der Waals surface area contributed by atoms with Gasteiger partial charge in [0, 0.05) is 6.54 Å². The third kappa shape index (κ3) is 4.48. The van der Waals surface area contributed by atoms with Crippen molar-refractivity contribution < 1.29 is 9.53 Å². The third-order valence-electron chi connectivity index (χ3n) is 3.29. The summed E-state index contributed by atoms with van der Waals surface area (Å²) in [5.74, 6) is -0.0442. The average molecular weight is 240 g/mol. The Kier molecular flexibility index (Phi) is 5.15. The molecule has 0 aliphatic heterocycles. The van der Waals surface area contributed by atoms with Crippen LogP contribution in [0.2, 0.25) is 0 Å². The first-order chi connectivity index (χ1) is 8.00. The molecule has 0 aromatic heterocycles. The number of nitrogens with one attached hydrogen (secondary N) is 1. The van der Waals surface area contributed by atoms with Crippen LogP contribution in [0.25, 0.3) is 0 Å². The normalized spacial score (nSPS) is 19.9. The Labute approximate surface area is 104 Å². The summed E-state index contributed by atoms with van der Waals surface area (Å²) in [6.07, 6.45) is 5.98. The molecule has 1 unspecified atom stereocenters. The average Bonchev–Trinajstić information content (AvgIpc) is 3.06. The fourth-order valence-electron chi connectivity index (χ4n) is 1.91. The quantitative estimate of drug-likeness (QED) is 0.403. The number of allylic oxidation sites excluding steroid dienone is 1. The van der Waals surface area contributed by atoms with Gasteiger partial charge in [-0.1, -0.05) is 11.6 Å². The van der Waals surface area contributed by atoms with E-state index in [1.807, 2.05) is 6.92 Å². The molecule has 1 rings (SSSR count). The van der Waals surface area contributed by atoms with Crippen molar-refractivity contribution in [2.45, 2.75) is 45.7 Å². The molecule has 0 aromatic rings. The van der Waals surface area contributed by atoms with Gasteiger partial charge in [-0.15, -0.1) is 0 Å². The van der Waals surface area contributed by atoms with E-state index < -0.39 is 0 Å². The number of nitrogens with two attached hydrogens (primary N) is 1. The minimum atomic E-state index is -0.167. The molecule has 1 aliphatic rings. The molecule has 1 saturated carbocycles. The monoisotopic (exact) mass is 240 g/mol. The molecule has 4 heteroatoms. The molecule has 0 radical (unpaired) electrons. The molecule has 4 nitrogen and oxygen atoms in total. The molecule has 0 heterocycles. The highest BCUT2D eigenvalue weighted by atomic mass is 16.5. The first-order valence-electron chi connectivity index (χ1n) is 6.23. The van der Waals surface area contributed by atoms with Gasteiger partial charge in [0.1, 0.15) is 0 Å². The summed E-state index contributed by atoms with van der Waals surface area (Å²) >= 11 is 0. The summed E-state index contributed by atoms with van der Waals surface area (Å²) in [4.78, 5) is 11.5. The van der Waals surface area contributed by atoms with E-state index in [1.165, 1.54) is 12.7 Å². The lowest BCUT2D eigenvalue weighted by atomic mass is 9.99. The number of carbonyl (C=O) groups is 1. The zero-order valence-corrected chi connectivity index (χ0v) is 11.1. The van der Waals surface area contributed by atoms with Crippen LogP contribution in [0.15, 0.2) is 11.6 Å². The highest BCUT2D eigenvalue weighted by molar-refractivity contribution is 5.79. The number of hydrogen-bond donors (Lipinski definition) is 2. The van der Waals surface area contributed by atoms with E-state index in [2.05, 4.69) is 18.3 Å². The first-order valence-corrected chi connectivity index (χ1v) is 6.23. The lowest BCUT2D eigenvalue weighted by molar-refractivity contribution is -0.147. The number of esters is 1. The second kappa shape index (κ2) is 6.17. The Morgan fingerprint density at radius 2 is 2.24 bits per heavy atom. The van der Waals surface area contributed by atoms with Gasteiger partial charge in [-0.3, -0.25) is 10.1 Å². The van der Waals surface area contributed by atoms with E-state index in [1.54, 1.807) is 0 Å². The van der Waals surface area contributed by atoms with E-state index >= 15 is 0 Å². The van der Waals surface area contributed by atoms with Crippen LogP contribution in [-0.2, 0) is 9.53 Å². The van der Waals surface area contributed by atoms with Gasteiger partial charge in [-0.25, -0.2) is 0 Å². The van der Waals surface area contributed by atoms with Crippen LogP contribution in [0, 0.1) is 5.41 Å². The number of carbonyl (C=O) groups excluding carboxylic acids is 1. The van der Waals surface area contributed by atoms with Gasteiger partial charge in [0.05, 0.1) is 18.7 Å². The number of hydrogen-bond acceptors (Lipinski definition) is 4. The van der Waals surface area contributed by atoms with Gasteiger partial charge in [0.15, 0.2) is 0 Å². The van der Waals surface area contributed by atoms with Crippen LogP contribution in [0.1, 0.15) is 39.5 Å². The number of rotatable bonds is 7. The molecule has 0 aromatic carbocycles. The van der Waals surface area contributed by atoms with E-state index in [4.69, 9.17) is 10.5 Å². The molecule has 1 fully saturated rings. The summed E-state index contributed by atoms with van der Waals surface area (Å²) < 4.78 is 4.83. The number of ether oxygens (including phenoxy) is 1. The van der Waals surface area contributed by atoms with Crippen LogP contribution >= 0.6 is 0 Å². The lowest BCUT2D eigenvalue weighted by Gasteiger charge is -2.11. The molecule has 0 spiro atoms. The zero-order chi connectivity index (χ0) is 12.9. The van der Waals surface area contributed by atoms with Gasteiger partial charge >= 0.3 is 5.97 Å². The highest BCUT2D eigenvalue weighted by Crippen LogP contribution is 2.50. The SMILES string of the molecule is COC(=O)C1(CC/C=C(/C)CNC(C)N)CC1. The largest absolute Gasteiger partial charge is 0.469 e. The van der Waals surface area contributed by atoms with Crippen molar-refractivity contribution in [2.24, 2.45) is 11.1 Å². The van der Waals surface area contributed by atoms with Crippen molar-refractivity contribution in [1.29, 1.82) is 0 Å². The topological polar surface area (TPSA) is 64.3 Å². The molecule has 98 valence electrons. The first kappa shape index (κ1) is 14.2.